The number of hydrogen-bond donors (Lipinski definition) is 3. The van der Waals surface area contributed by atoms with E-state index in [1.807, 2.05) is 146 Å². The average molecular weight is 2400 g/mol. The van der Waals surface area contributed by atoms with Crippen LogP contribution in [0.2, 0.25) is 4.47 Å². The Kier molecular flexibility index (Phi) is 37.7. The third-order valence-corrected chi connectivity index (χ3v) is 30.8. The van der Waals surface area contributed by atoms with Crippen LogP contribution in [0, 0.1) is 27.7 Å². The zero-order valence-electron chi connectivity index (χ0n) is 88.2. The number of carbonyl (C=O) groups is 3. The number of nitrogens with two attached hydrogens (primary N) is 2. The summed E-state index contributed by atoms with van der Waals surface area (Å²) in [5.74, 6) is 4.54. The van der Waals surface area contributed by atoms with Crippen LogP contribution < -0.4 is 45.2 Å². The van der Waals surface area contributed by atoms with E-state index in [0.717, 1.165) is 213 Å². The predicted molar refractivity (Wildman–Crippen MR) is 630 cm³/mol. The maximum absolute atomic E-state index is 12.4. The first-order valence-electron chi connectivity index (χ1n) is 48.3. The van der Waals surface area contributed by atoms with Gasteiger partial charge in [-0.15, -0.1) is 45.3 Å². The molecule has 790 valence electrons. The van der Waals surface area contributed by atoms with Crippen molar-refractivity contribution >= 4 is 262 Å². The molecule has 0 aliphatic carbocycles. The van der Waals surface area contributed by atoms with Crippen LogP contribution in [0.4, 0.5) is 25.2 Å². The molecule has 0 saturated heterocycles. The fourth-order valence-corrected chi connectivity index (χ4v) is 23.9. The lowest BCUT2D eigenvalue weighted by Crippen LogP contribution is -2.39. The number of ether oxygens (including phenoxy) is 9. The monoisotopic (exact) mass is 2400 g/mol. The van der Waals surface area contributed by atoms with Crippen LogP contribution in [0.1, 0.15) is 132 Å². The number of nitrogens with one attached hydrogen (secondary N) is 1. The van der Waals surface area contributed by atoms with Gasteiger partial charge in [-0.05, 0) is 294 Å². The largest absolute Gasteiger partial charge is 0.495 e. The molecule has 17 aromatic rings. The van der Waals surface area contributed by atoms with Gasteiger partial charge in [0.25, 0.3) is 0 Å². The Morgan fingerprint density at radius 1 is 0.373 bits per heavy atom. The number of nitrogen functional groups attached to an aromatic ring is 2. The van der Waals surface area contributed by atoms with Crippen molar-refractivity contribution in [1.82, 2.24) is 74.3 Å². The number of amides is 3. The van der Waals surface area contributed by atoms with E-state index < -0.39 is 16.8 Å². The van der Waals surface area contributed by atoms with E-state index in [2.05, 4.69) is 232 Å². The molecule has 9 aromatic carbocycles. The second-order valence-corrected chi connectivity index (χ2v) is 48.4. The van der Waals surface area contributed by atoms with Crippen LogP contribution >= 0.6 is 132 Å². The number of thiazole rings is 5. The molecule has 0 fully saturated rings. The summed E-state index contributed by atoms with van der Waals surface area (Å²) < 4.78 is 63.8. The third-order valence-electron chi connectivity index (χ3n) is 23.7. The average Bonchev–Trinajstić information content (AvgIpc) is 1.62. The summed E-state index contributed by atoms with van der Waals surface area (Å²) in [6.07, 6.45) is 17.4. The lowest BCUT2D eigenvalue weighted by atomic mass is 10.0. The van der Waals surface area contributed by atoms with Gasteiger partial charge in [0.1, 0.15) is 93.9 Å². The van der Waals surface area contributed by atoms with E-state index in [4.69, 9.17) is 80.7 Å². The van der Waals surface area contributed by atoms with Crippen molar-refractivity contribution in [2.45, 2.75) is 139 Å². The Labute approximate surface area is 931 Å². The zero-order chi connectivity index (χ0) is 108. The Morgan fingerprint density at radius 2 is 0.720 bits per heavy atom. The number of fused-ring (bicyclic) bond motifs is 8. The lowest BCUT2D eigenvalue weighted by molar-refractivity contribution is 0.0257. The van der Waals surface area contributed by atoms with Gasteiger partial charge in [0, 0.05) is 120 Å². The van der Waals surface area contributed by atoms with Crippen LogP contribution in [0.15, 0.2) is 182 Å². The highest BCUT2D eigenvalue weighted by atomic mass is 79.9. The molecule has 39 heteroatoms. The fourth-order valence-electron chi connectivity index (χ4n) is 16.7. The highest BCUT2D eigenvalue weighted by Crippen LogP contribution is 2.45. The van der Waals surface area contributed by atoms with Gasteiger partial charge in [0.15, 0.2) is 9.60 Å². The van der Waals surface area contributed by atoms with Gasteiger partial charge in [-0.1, -0.05) is 128 Å². The smallest absolute Gasteiger partial charge is 0.410 e. The number of benzene rings is 9. The van der Waals surface area contributed by atoms with Crippen molar-refractivity contribution in [2.24, 2.45) is 21.1 Å². The standard InChI is InChI=1S/C27H30N4O3S.C22H22N4OS.C18H21BrN2O3S.C11H19NO2.C10H12N2.C8H5BrClNOS.C8H7BrN2OS.C7H8BrNO/c1-16-11-18(12-20-15-30(5)29-23(16)20)19-13-21(33-6)24-22(14-19)35-25(28-24)17-7-9-31(10-8-17)26(32)34-27(2,3)4;1-13-8-15(9-17-12-26(2)25-20(13)17)16-10-18(27-3)21-19(11-16)28-22(24-21)14-4-6-23-7-5-14;1-18(2,3)24-17(22)21-7-5-11(6-8-21)16-20-15-13(23-4)9-12(19)10-14(15)25-16;1-9-5-7-12(8-6-9)10(13)14-11(2,3)4;1-7-4-8(2)10-9(5-7)6-12(3)11-10;2*1-12-5-2-4(9)3-6-7(5)11-8(10)13-6;1-10-7-4-5(8)2-3-6(7)9/h7,11-15H,8-10H2,1-6H3;4,8-12,23H,5-7H2,1-3H3;5,9-10H,6-8H2,1-4H3;5H,6-8H2,1-4H3;4-6H,1-3H3;2-3H,1H3;2-3H,1H3,(H2,10,11);2-4H,9H2,1H3. The van der Waals surface area contributed by atoms with E-state index in [-0.39, 0.29) is 18.3 Å². The SMILES string of the molecule is CC1=CCN(C(=O)OC(C)(C)C)CC1.COc1cc(-c2cc(C)c3nn(C)cc3c2)cc2sc(C3=CCN(C(=O)OC(C)(C)C)CC3)nc12.COc1cc(-c2cc(C)c3nn(C)cc3c2)cc2sc(C3=CCNCC3)nc12.COc1cc(Br)cc2sc(C3=CCN(C(=O)OC(C)(C)C)CC3)nc12.COc1cc(Br)cc2sc(Cl)nc12.COc1cc(Br)cc2sc(N)nc12.COc1cc(Br)ccc1N.Cc1cc(C)c2nn(C)cc2c1. The van der Waals surface area contributed by atoms with E-state index in [9.17, 15) is 14.4 Å². The van der Waals surface area contributed by atoms with E-state index in [1.165, 1.54) is 67.0 Å². The molecule has 0 bridgehead atoms. The topological polar surface area (TPSA) is 326 Å². The summed E-state index contributed by atoms with van der Waals surface area (Å²) in [5.41, 5.74) is 32.4. The normalized spacial score (nSPS) is 13.6. The van der Waals surface area contributed by atoms with Gasteiger partial charge in [-0.25, -0.2) is 39.3 Å². The van der Waals surface area contributed by atoms with Gasteiger partial charge in [-0.2, -0.15) is 15.3 Å². The first kappa shape index (κ1) is 114. The molecular weight excluding hydrogens is 2280 g/mol. The zero-order valence-corrected chi connectivity index (χ0v) is 99.4. The van der Waals surface area contributed by atoms with E-state index >= 15 is 0 Å². The van der Waals surface area contributed by atoms with Crippen molar-refractivity contribution in [3.05, 3.63) is 223 Å². The maximum atomic E-state index is 12.4. The first-order valence-corrected chi connectivity index (χ1v) is 55.9. The Morgan fingerprint density at radius 3 is 1.09 bits per heavy atom. The second-order valence-electron chi connectivity index (χ2n) is 39.0. The van der Waals surface area contributed by atoms with Gasteiger partial charge in [0.05, 0.1) is 88.4 Å². The Hall–Kier alpha value is -11.8. The van der Waals surface area contributed by atoms with Crippen molar-refractivity contribution in [1.29, 1.82) is 0 Å². The molecule has 29 nitrogen and oxygen atoms in total. The van der Waals surface area contributed by atoms with Crippen LogP contribution in [0.5, 0.6) is 34.5 Å². The summed E-state index contributed by atoms with van der Waals surface area (Å²) in [4.78, 5) is 64.2. The number of hydrogen-bond acceptors (Lipinski definition) is 28. The quantitative estimate of drug-likeness (QED) is 0.0615. The van der Waals surface area contributed by atoms with Crippen LogP contribution in [-0.2, 0) is 35.4 Å². The number of methoxy groups -OCH3 is 6. The molecule has 0 spiro atoms. The van der Waals surface area contributed by atoms with Gasteiger partial charge in [-0.3, -0.25) is 14.0 Å². The van der Waals surface area contributed by atoms with Crippen molar-refractivity contribution < 1.29 is 57.0 Å². The highest BCUT2D eigenvalue weighted by molar-refractivity contribution is 9.11. The molecule has 0 unspecified atom stereocenters. The fraction of sp³-hybridized carbons (Fsp3) is 0.342. The predicted octanol–water partition coefficient (Wildman–Crippen LogP) is 29.0. The minimum Gasteiger partial charge on any atom is -0.495 e. The number of anilines is 2. The molecular formula is C111H124Br4ClN17O12S5. The summed E-state index contributed by atoms with van der Waals surface area (Å²) in [6, 6.07) is 38.8. The molecule has 21 rings (SSSR count). The molecule has 3 amide bonds. The van der Waals surface area contributed by atoms with Crippen molar-refractivity contribution in [3.63, 3.8) is 0 Å². The molecule has 8 aromatic heterocycles. The van der Waals surface area contributed by atoms with Crippen molar-refractivity contribution in [3.8, 4) is 56.8 Å². The number of nitrogens with zero attached hydrogens (tertiary/aromatic N) is 14. The second kappa shape index (κ2) is 49.7. The Bertz CT molecular complexity index is 7890. The number of halogens is 5. The van der Waals surface area contributed by atoms with Gasteiger partial charge < -0.3 is 74.1 Å². The molecule has 12 heterocycles. The highest BCUT2D eigenvalue weighted by Gasteiger charge is 2.30. The summed E-state index contributed by atoms with van der Waals surface area (Å²) >= 11 is 27.3. The molecule has 0 radical (unpaired) electrons. The van der Waals surface area contributed by atoms with Gasteiger partial charge >= 0.3 is 18.3 Å². The van der Waals surface area contributed by atoms with Crippen molar-refractivity contribution in [2.75, 3.05) is 106 Å². The molecule has 0 atom stereocenters. The molecule has 4 aliphatic rings. The maximum Gasteiger partial charge on any atom is 0.410 e. The van der Waals surface area contributed by atoms with Crippen LogP contribution in [0.3, 0.4) is 0 Å². The number of aryl methyl sites for hydroxylation is 7. The number of carbonyl (C=O) groups excluding carboxylic acids is 3. The Balaban J connectivity index is 0.000000140. The number of rotatable bonds is 11. The molecule has 150 heavy (non-hydrogen) atoms. The van der Waals surface area contributed by atoms with Crippen LogP contribution in [0.25, 0.3) is 123 Å². The van der Waals surface area contributed by atoms with E-state index in [1.54, 1.807) is 97.4 Å². The minimum atomic E-state index is -0.498. The van der Waals surface area contributed by atoms with Crippen LogP contribution in [-0.4, -0.2) is 199 Å². The summed E-state index contributed by atoms with van der Waals surface area (Å²) in [5, 5.41) is 24.0. The first-order chi connectivity index (χ1) is 71.2. The molecule has 0 saturated carbocycles. The third kappa shape index (κ3) is 29.6. The number of aromatic nitrogens is 11. The summed E-state index contributed by atoms with van der Waals surface area (Å²) in [6.45, 7) is 33.1. The van der Waals surface area contributed by atoms with Gasteiger partial charge in [0.2, 0.25) is 0 Å². The van der Waals surface area contributed by atoms with E-state index in [0.29, 0.717) is 53.8 Å². The molecule has 4 aliphatic heterocycles. The lowest BCUT2D eigenvalue weighted by Gasteiger charge is -2.29. The molecule has 5 N–H and O–H groups in total. The summed E-state index contributed by atoms with van der Waals surface area (Å²) in [7, 11) is 15.8. The minimum absolute atomic E-state index is 0.207.